The molecule has 0 aliphatic carbocycles. The first-order valence-electron chi connectivity index (χ1n) is 17.2. The number of sulfonamides is 1. The number of nitrogens with one attached hydrogen (secondary N) is 1. The number of H-pyrrole nitrogens is 1. The van der Waals surface area contributed by atoms with Crippen LogP contribution in [0.2, 0.25) is 0 Å². The number of nitrogens with zero attached hydrogens (tertiary/aromatic N) is 3. The molecule has 1 aromatic carbocycles. The quantitative estimate of drug-likeness (QED) is 0.381. The number of likely N-dealkylation sites (tertiary alicyclic amines) is 1. The Balaban J connectivity index is 1.16. The van der Waals surface area contributed by atoms with E-state index in [0.29, 0.717) is 44.1 Å². The third kappa shape index (κ3) is 6.34. The lowest BCUT2D eigenvalue weighted by Crippen LogP contribution is -2.56. The average Bonchev–Trinajstić information content (AvgIpc) is 3.81. The van der Waals surface area contributed by atoms with Gasteiger partial charge in [0.05, 0.1) is 11.8 Å². The van der Waals surface area contributed by atoms with Crippen molar-refractivity contribution in [3.05, 3.63) is 46.6 Å². The SMILES string of the molecule is COC1(C(=O)N2CCCS2(=O)=O)CCN(CCc2c(CCC(C)(C)C(=O)C3C4CCN3CC4)c[nH]c2-c2cc(C)cc(C)c2)CC1. The van der Waals surface area contributed by atoms with Crippen LogP contribution < -0.4 is 0 Å². The number of fused-ring (bicyclic) bond motifs is 2. The number of hydrogen-bond acceptors (Lipinski definition) is 7. The standard InChI is InChI=1S/C36H52N4O5S/c1-25-21-26(2)23-29(22-25)31-30(28(24-37-31)7-11-35(3,4)33(41)32-27-8-16-39(32)17-9-27)10-15-38-18-12-36(45-5,13-19-38)34(42)40-14-6-20-46(40,43)44/h21-24,27,32,37H,6-20H2,1-5H3. The van der Waals surface area contributed by atoms with Gasteiger partial charge in [0, 0.05) is 50.6 Å². The normalized spacial score (nSPS) is 25.8. The summed E-state index contributed by atoms with van der Waals surface area (Å²) >= 11 is 0. The highest BCUT2D eigenvalue weighted by Gasteiger charge is 2.49. The first-order chi connectivity index (χ1) is 21.8. The third-order valence-corrected chi connectivity index (χ3v) is 13.2. The van der Waals surface area contributed by atoms with Gasteiger partial charge in [0.15, 0.2) is 5.78 Å². The number of benzene rings is 1. The summed E-state index contributed by atoms with van der Waals surface area (Å²) in [7, 11) is -2.02. The third-order valence-electron chi connectivity index (χ3n) is 11.4. The topological polar surface area (TPSA) is 103 Å². The van der Waals surface area contributed by atoms with Crippen LogP contribution in [0.1, 0.15) is 74.6 Å². The number of aromatic nitrogens is 1. The molecule has 1 amide bonds. The zero-order chi connectivity index (χ0) is 32.9. The van der Waals surface area contributed by atoms with Gasteiger partial charge in [-0.15, -0.1) is 0 Å². The molecule has 4 saturated heterocycles. The van der Waals surface area contributed by atoms with E-state index in [1.807, 2.05) is 0 Å². The molecule has 2 bridgehead atoms. The van der Waals surface area contributed by atoms with Gasteiger partial charge in [-0.3, -0.25) is 14.5 Å². The predicted octanol–water partition coefficient (Wildman–Crippen LogP) is 4.51. The number of hydrogen-bond donors (Lipinski definition) is 1. The Morgan fingerprint density at radius 2 is 1.67 bits per heavy atom. The molecule has 4 fully saturated rings. The van der Waals surface area contributed by atoms with Gasteiger partial charge in [0.2, 0.25) is 10.0 Å². The average molecular weight is 653 g/mol. The zero-order valence-corrected chi connectivity index (χ0v) is 29.2. The molecule has 9 nitrogen and oxygen atoms in total. The van der Waals surface area contributed by atoms with Crippen LogP contribution in [0.4, 0.5) is 0 Å². The van der Waals surface area contributed by atoms with Crippen molar-refractivity contribution < 1.29 is 22.7 Å². The maximum Gasteiger partial charge on any atom is 0.268 e. The summed E-state index contributed by atoms with van der Waals surface area (Å²) in [5.41, 5.74) is 5.84. The fraction of sp³-hybridized carbons (Fsp3) is 0.667. The Morgan fingerprint density at radius 1 is 1.00 bits per heavy atom. The van der Waals surface area contributed by atoms with Crippen molar-refractivity contribution in [3.8, 4) is 11.3 Å². The van der Waals surface area contributed by atoms with Gasteiger partial charge in [0.1, 0.15) is 5.60 Å². The van der Waals surface area contributed by atoms with Gasteiger partial charge in [-0.2, -0.15) is 0 Å². The summed E-state index contributed by atoms with van der Waals surface area (Å²) in [6, 6.07) is 6.76. The molecular formula is C36H52N4O5S. The van der Waals surface area contributed by atoms with Crippen molar-refractivity contribution in [3.63, 3.8) is 0 Å². The van der Waals surface area contributed by atoms with Gasteiger partial charge < -0.3 is 14.6 Å². The van der Waals surface area contributed by atoms with Gasteiger partial charge in [-0.1, -0.05) is 31.0 Å². The van der Waals surface area contributed by atoms with E-state index in [1.165, 1.54) is 34.9 Å². The van der Waals surface area contributed by atoms with Crippen LogP contribution in [0.15, 0.2) is 24.4 Å². The fourth-order valence-corrected chi connectivity index (χ4v) is 10.1. The van der Waals surface area contributed by atoms with E-state index in [4.69, 9.17) is 4.74 Å². The van der Waals surface area contributed by atoms with Crippen LogP contribution >= 0.6 is 0 Å². The van der Waals surface area contributed by atoms with Gasteiger partial charge >= 0.3 is 0 Å². The summed E-state index contributed by atoms with van der Waals surface area (Å²) in [4.78, 5) is 35.6. The Kier molecular flexibility index (Phi) is 9.30. The Morgan fingerprint density at radius 3 is 2.24 bits per heavy atom. The first kappa shape index (κ1) is 33.4. The number of ether oxygens (including phenoxy) is 1. The number of amides is 1. The monoisotopic (exact) mass is 652 g/mol. The summed E-state index contributed by atoms with van der Waals surface area (Å²) in [6.45, 7) is 13.0. The minimum atomic E-state index is -3.55. The van der Waals surface area contributed by atoms with E-state index in [2.05, 4.69) is 66.9 Å². The second-order valence-corrected chi connectivity index (χ2v) is 17.0. The molecule has 0 spiro atoms. The highest BCUT2D eigenvalue weighted by atomic mass is 32.2. The predicted molar refractivity (Wildman–Crippen MR) is 180 cm³/mol. The summed E-state index contributed by atoms with van der Waals surface area (Å²) in [5, 5.41) is 0. The Bertz CT molecular complexity index is 1530. The first-order valence-corrected chi connectivity index (χ1v) is 18.8. The van der Waals surface area contributed by atoms with Crippen LogP contribution in [0.5, 0.6) is 0 Å². The number of carbonyl (C=O) groups is 2. The molecule has 1 N–H and O–H groups in total. The maximum atomic E-state index is 13.8. The van der Waals surface area contributed by atoms with E-state index < -0.39 is 26.9 Å². The number of piperidine rings is 2. The van der Waals surface area contributed by atoms with E-state index in [-0.39, 0.29) is 18.3 Å². The van der Waals surface area contributed by atoms with Crippen LogP contribution in [-0.4, -0.2) is 103 Å². The van der Waals surface area contributed by atoms with E-state index >= 15 is 0 Å². The van der Waals surface area contributed by atoms with Crippen LogP contribution in [0, 0.1) is 25.2 Å². The summed E-state index contributed by atoms with van der Waals surface area (Å²) < 4.78 is 31.8. The number of carbonyl (C=O) groups excluding carboxylic acids is 2. The van der Waals surface area contributed by atoms with E-state index in [9.17, 15) is 18.0 Å². The van der Waals surface area contributed by atoms with Gasteiger partial charge in [-0.25, -0.2) is 12.7 Å². The molecule has 0 radical (unpaired) electrons. The fourth-order valence-electron chi connectivity index (χ4n) is 8.55. The van der Waals surface area contributed by atoms with E-state index in [1.54, 1.807) is 0 Å². The molecule has 6 rings (SSSR count). The Hall–Kier alpha value is -2.53. The number of aromatic amines is 1. The lowest BCUT2D eigenvalue weighted by Gasteiger charge is -2.41. The molecule has 1 unspecified atom stereocenters. The van der Waals surface area contributed by atoms with Crippen molar-refractivity contribution in [2.75, 3.05) is 52.1 Å². The molecule has 10 heteroatoms. The maximum absolute atomic E-state index is 13.8. The van der Waals surface area contributed by atoms with Crippen LogP contribution in [-0.2, 0) is 37.2 Å². The number of rotatable bonds is 11. The number of methoxy groups -OCH3 is 1. The largest absolute Gasteiger partial charge is 0.368 e. The minimum Gasteiger partial charge on any atom is -0.368 e. The molecule has 252 valence electrons. The van der Waals surface area contributed by atoms with E-state index in [0.717, 1.165) is 61.7 Å². The summed E-state index contributed by atoms with van der Waals surface area (Å²) in [6.07, 6.45) is 8.34. The highest BCUT2D eigenvalue weighted by Crippen LogP contribution is 2.40. The lowest BCUT2D eigenvalue weighted by atomic mass is 9.77. The second-order valence-electron chi connectivity index (χ2n) is 14.9. The zero-order valence-electron chi connectivity index (χ0n) is 28.4. The molecule has 1 atom stereocenters. The van der Waals surface area contributed by atoms with Crippen LogP contribution in [0.25, 0.3) is 11.3 Å². The highest BCUT2D eigenvalue weighted by molar-refractivity contribution is 7.89. The van der Waals surface area contributed by atoms with Crippen LogP contribution in [0.3, 0.4) is 0 Å². The summed E-state index contributed by atoms with van der Waals surface area (Å²) in [5.74, 6) is 0.557. The molecule has 1 aromatic heterocycles. The molecule has 2 aromatic rings. The molecule has 5 heterocycles. The molecule has 0 saturated carbocycles. The van der Waals surface area contributed by atoms with Gasteiger partial charge in [0.25, 0.3) is 5.91 Å². The smallest absolute Gasteiger partial charge is 0.268 e. The second kappa shape index (κ2) is 12.8. The van der Waals surface area contributed by atoms with Crippen molar-refractivity contribution in [2.45, 2.75) is 90.7 Å². The molecule has 46 heavy (non-hydrogen) atoms. The lowest BCUT2D eigenvalue weighted by molar-refractivity contribution is -0.155. The number of Topliss-reactive ketones (excluding diaryl/α,β-unsaturated/α-hetero) is 1. The van der Waals surface area contributed by atoms with Crippen molar-refractivity contribution in [1.82, 2.24) is 19.1 Å². The molecule has 4 aliphatic rings. The van der Waals surface area contributed by atoms with Crippen molar-refractivity contribution in [1.29, 1.82) is 0 Å². The van der Waals surface area contributed by atoms with Crippen molar-refractivity contribution >= 4 is 21.7 Å². The molecular weight excluding hydrogens is 600 g/mol. The molecule has 4 aliphatic heterocycles. The Labute approximate surface area is 275 Å². The number of aryl methyl sites for hydroxylation is 3. The van der Waals surface area contributed by atoms with Crippen molar-refractivity contribution in [2.24, 2.45) is 11.3 Å². The van der Waals surface area contributed by atoms with Gasteiger partial charge in [-0.05, 0) is 113 Å². The number of ketones is 1. The minimum absolute atomic E-state index is 0.0251.